The monoisotopic (exact) mass is 552 g/mol. The molecule has 0 saturated carbocycles. The Kier molecular flexibility index (Phi) is 7.01. The molecule has 2 amide bonds. The number of nitrogens with two attached hydrogens (primary N) is 1. The van der Waals surface area contributed by atoms with E-state index in [-0.39, 0.29) is 39.4 Å². The lowest BCUT2D eigenvalue weighted by molar-refractivity contribution is 0.0217. The van der Waals surface area contributed by atoms with Crippen molar-refractivity contribution in [3.05, 3.63) is 53.7 Å². The molecule has 0 radical (unpaired) electrons. The third-order valence-corrected chi connectivity index (χ3v) is 8.94. The van der Waals surface area contributed by atoms with Crippen molar-refractivity contribution in [2.75, 3.05) is 30.0 Å². The fourth-order valence-corrected chi connectivity index (χ4v) is 6.12. The summed E-state index contributed by atoms with van der Waals surface area (Å²) in [4.78, 5) is 20.6. The van der Waals surface area contributed by atoms with Crippen molar-refractivity contribution < 1.29 is 31.8 Å². The van der Waals surface area contributed by atoms with E-state index in [4.69, 9.17) is 9.88 Å². The third kappa shape index (κ3) is 5.30. The molecule has 1 fully saturated rings. The predicted molar refractivity (Wildman–Crippen MR) is 136 cm³/mol. The Morgan fingerprint density at radius 3 is 2.32 bits per heavy atom. The number of aliphatic hydroxyl groups is 1. The van der Waals surface area contributed by atoms with Crippen molar-refractivity contribution >= 4 is 38.2 Å². The molecule has 198 valence electrons. The molecule has 1 aliphatic rings. The van der Waals surface area contributed by atoms with Crippen LogP contribution in [-0.4, -0.2) is 50.3 Å². The van der Waals surface area contributed by atoms with E-state index in [1.807, 2.05) is 0 Å². The number of carbonyl (C=O) groups is 1. The highest BCUT2D eigenvalue weighted by Gasteiger charge is 2.41. The first-order valence-electron chi connectivity index (χ1n) is 11.2. The Morgan fingerprint density at radius 1 is 1.16 bits per heavy atom. The molecule has 2 heterocycles. The third-order valence-electron chi connectivity index (χ3n) is 6.20. The number of carbonyl (C=O) groups excluding carboxylic acids is 1. The highest BCUT2D eigenvalue weighted by Crippen LogP contribution is 2.37. The maximum absolute atomic E-state index is 14.2. The van der Waals surface area contributed by atoms with E-state index in [2.05, 4.69) is 4.98 Å². The number of benzene rings is 2. The van der Waals surface area contributed by atoms with Crippen LogP contribution in [0.25, 0.3) is 11.1 Å². The lowest BCUT2D eigenvalue weighted by Crippen LogP contribution is -2.58. The number of amides is 2. The quantitative estimate of drug-likeness (QED) is 0.478. The molecule has 1 aromatic heterocycles. The van der Waals surface area contributed by atoms with Gasteiger partial charge >= 0.3 is 6.03 Å². The molecule has 0 spiro atoms. The second-order valence-electron chi connectivity index (χ2n) is 9.28. The molecule has 0 unspecified atom stereocenters. The van der Waals surface area contributed by atoms with E-state index >= 15 is 0 Å². The molecule has 1 aliphatic heterocycles. The highest BCUT2D eigenvalue weighted by atomic mass is 32.2. The molecule has 1 atom stereocenters. The maximum Gasteiger partial charge on any atom is 0.330 e. The molecule has 0 bridgehead atoms. The fraction of sp³-hybridized carbons (Fsp3) is 0.333. The van der Waals surface area contributed by atoms with E-state index in [9.17, 15) is 27.1 Å². The number of urea groups is 1. The Balaban J connectivity index is 1.73. The zero-order valence-electron chi connectivity index (χ0n) is 20.5. The zero-order chi connectivity index (χ0) is 27.3. The largest absolute Gasteiger partial charge is 0.493 e. The average Bonchev–Trinajstić information content (AvgIpc) is 3.20. The first-order chi connectivity index (χ1) is 17.2. The number of sulfonamides is 1. The SMILES string of the molecule is COc1c(F)cc(F)cc1-c1ccc(N2C[C@H](C(C)(C)O)CN(c3nc(C)c(S(N)(=O)=O)s3)C2=O)cc1. The van der Waals surface area contributed by atoms with Crippen molar-refractivity contribution in [3.63, 3.8) is 0 Å². The number of aromatic nitrogens is 1. The molecule has 2 aromatic carbocycles. The Bertz CT molecular complexity index is 1450. The Hall–Kier alpha value is -3.13. The minimum Gasteiger partial charge on any atom is -0.493 e. The number of hydrogen-bond donors (Lipinski definition) is 2. The summed E-state index contributed by atoms with van der Waals surface area (Å²) in [6.07, 6.45) is 0. The summed E-state index contributed by atoms with van der Waals surface area (Å²) >= 11 is 0.781. The normalized spacial score (nSPS) is 16.9. The van der Waals surface area contributed by atoms with Crippen LogP contribution >= 0.6 is 11.3 Å². The van der Waals surface area contributed by atoms with Crippen LogP contribution in [0.1, 0.15) is 19.5 Å². The number of primary sulfonamides is 1. The van der Waals surface area contributed by atoms with E-state index in [0.717, 1.165) is 23.5 Å². The number of ether oxygens (including phenoxy) is 1. The summed E-state index contributed by atoms with van der Waals surface area (Å²) in [6, 6.07) is 7.84. The minimum absolute atomic E-state index is 0.105. The van der Waals surface area contributed by atoms with Crippen LogP contribution in [-0.2, 0) is 10.0 Å². The van der Waals surface area contributed by atoms with Crippen molar-refractivity contribution in [2.24, 2.45) is 11.1 Å². The summed E-state index contributed by atoms with van der Waals surface area (Å²) in [6.45, 7) is 5.01. The summed E-state index contributed by atoms with van der Waals surface area (Å²) in [5, 5.41) is 16.2. The summed E-state index contributed by atoms with van der Waals surface area (Å²) in [7, 11) is -2.74. The molecular formula is C24H26F2N4O5S2. The van der Waals surface area contributed by atoms with Gasteiger partial charge in [0.25, 0.3) is 0 Å². The van der Waals surface area contributed by atoms with E-state index < -0.39 is 39.2 Å². The van der Waals surface area contributed by atoms with Crippen LogP contribution in [0.4, 0.5) is 24.4 Å². The van der Waals surface area contributed by atoms with Crippen LogP contribution in [0.5, 0.6) is 5.75 Å². The van der Waals surface area contributed by atoms with Crippen LogP contribution in [0.15, 0.2) is 40.6 Å². The molecule has 4 rings (SSSR count). The van der Waals surface area contributed by atoms with E-state index in [1.54, 1.807) is 38.1 Å². The number of methoxy groups -OCH3 is 1. The van der Waals surface area contributed by atoms with Crippen molar-refractivity contribution in [3.8, 4) is 16.9 Å². The first-order valence-corrected chi connectivity index (χ1v) is 13.5. The van der Waals surface area contributed by atoms with E-state index in [1.165, 1.54) is 23.8 Å². The topological polar surface area (TPSA) is 126 Å². The Labute approximate surface area is 217 Å². The first kappa shape index (κ1) is 26.9. The number of anilines is 2. The summed E-state index contributed by atoms with van der Waals surface area (Å²) in [5.41, 5.74) is 0.129. The standard InChI is InChI=1S/C24H26F2N4O5S2/c1-13-21(37(27,33)34)36-22(28-13)30-12-15(24(2,3)32)11-29(23(30)31)17-7-5-14(6-8-17)18-9-16(25)10-19(26)20(18)35-4/h5-10,15,32H,11-12H2,1-4H3,(H2,27,33,34)/t15-/m0/s1. The highest BCUT2D eigenvalue weighted by molar-refractivity contribution is 7.91. The second-order valence-corrected chi connectivity index (χ2v) is 12.0. The van der Waals surface area contributed by atoms with Crippen molar-refractivity contribution in [1.29, 1.82) is 0 Å². The number of halogens is 2. The lowest BCUT2D eigenvalue weighted by atomic mass is 9.88. The molecule has 37 heavy (non-hydrogen) atoms. The smallest absolute Gasteiger partial charge is 0.330 e. The molecule has 9 nitrogen and oxygen atoms in total. The fourth-order valence-electron chi connectivity index (χ4n) is 4.17. The summed E-state index contributed by atoms with van der Waals surface area (Å²) in [5.74, 6) is -2.13. The van der Waals surface area contributed by atoms with Gasteiger partial charge in [-0.05, 0) is 44.5 Å². The molecule has 0 aliphatic carbocycles. The van der Waals surface area contributed by atoms with Gasteiger partial charge in [-0.25, -0.2) is 32.1 Å². The van der Waals surface area contributed by atoms with Crippen LogP contribution < -0.4 is 19.7 Å². The van der Waals surface area contributed by atoms with Gasteiger partial charge in [0.15, 0.2) is 20.9 Å². The van der Waals surface area contributed by atoms with Crippen molar-refractivity contribution in [1.82, 2.24) is 4.98 Å². The minimum atomic E-state index is -4.03. The molecule has 3 aromatic rings. The average molecular weight is 553 g/mol. The van der Waals surface area contributed by atoms with Crippen molar-refractivity contribution in [2.45, 2.75) is 30.6 Å². The number of rotatable bonds is 6. The lowest BCUT2D eigenvalue weighted by Gasteiger charge is -2.43. The number of thiazole rings is 1. The van der Waals surface area contributed by atoms with E-state index in [0.29, 0.717) is 11.3 Å². The second kappa shape index (κ2) is 9.63. The molecule has 13 heteroatoms. The number of aryl methyl sites for hydroxylation is 1. The molecule has 1 saturated heterocycles. The van der Waals surface area contributed by atoms with Gasteiger partial charge in [0.2, 0.25) is 10.0 Å². The van der Waals surface area contributed by atoms with Gasteiger partial charge < -0.3 is 9.84 Å². The van der Waals surface area contributed by atoms with Crippen LogP contribution in [0.3, 0.4) is 0 Å². The number of hydrogen-bond acceptors (Lipinski definition) is 7. The Morgan fingerprint density at radius 2 is 1.78 bits per heavy atom. The maximum atomic E-state index is 14.2. The van der Waals surface area contributed by atoms with Gasteiger partial charge in [-0.1, -0.05) is 23.5 Å². The van der Waals surface area contributed by atoms with Gasteiger partial charge in [-0.15, -0.1) is 0 Å². The number of nitrogens with zero attached hydrogens (tertiary/aromatic N) is 3. The van der Waals surface area contributed by atoms with Gasteiger partial charge in [-0.2, -0.15) is 0 Å². The van der Waals surface area contributed by atoms with Gasteiger partial charge in [-0.3, -0.25) is 9.80 Å². The van der Waals surface area contributed by atoms with Gasteiger partial charge in [0.05, 0.1) is 18.4 Å². The van der Waals surface area contributed by atoms with Gasteiger partial charge in [0, 0.05) is 36.3 Å². The molecule has 3 N–H and O–H groups in total. The summed E-state index contributed by atoms with van der Waals surface area (Å²) < 4.78 is 56.9. The van der Waals surface area contributed by atoms with Gasteiger partial charge in [0.1, 0.15) is 5.82 Å². The molecular weight excluding hydrogens is 526 g/mol. The zero-order valence-corrected chi connectivity index (χ0v) is 22.2. The predicted octanol–water partition coefficient (Wildman–Crippen LogP) is 3.89. The van der Waals surface area contributed by atoms with Crippen LogP contribution in [0.2, 0.25) is 0 Å². The van der Waals surface area contributed by atoms with Crippen LogP contribution in [0, 0.1) is 24.5 Å².